The van der Waals surface area contributed by atoms with Crippen LogP contribution in [-0.4, -0.2) is 22.6 Å². The molecule has 2 aromatic rings. The zero-order chi connectivity index (χ0) is 12.4. The van der Waals surface area contributed by atoms with E-state index in [-0.39, 0.29) is 5.97 Å². The maximum Gasteiger partial charge on any atom is 0.307 e. The summed E-state index contributed by atoms with van der Waals surface area (Å²) in [5.41, 5.74) is 1.80. The van der Waals surface area contributed by atoms with E-state index in [2.05, 4.69) is 9.72 Å². The van der Waals surface area contributed by atoms with Crippen LogP contribution in [-0.2, 0) is 16.1 Å². The molecule has 1 aromatic carbocycles. The second-order valence-corrected chi connectivity index (χ2v) is 4.39. The predicted molar refractivity (Wildman–Crippen MR) is 68.8 cm³/mol. The maximum atomic E-state index is 11.1. The predicted octanol–water partition coefficient (Wildman–Crippen LogP) is 2.92. The third kappa shape index (κ3) is 2.50. The zero-order valence-electron chi connectivity index (χ0n) is 9.20. The van der Waals surface area contributed by atoms with Crippen molar-refractivity contribution in [1.29, 1.82) is 0 Å². The molecule has 0 atom stereocenters. The van der Waals surface area contributed by atoms with Crippen molar-refractivity contribution in [3.8, 4) is 0 Å². The lowest BCUT2D eigenvalue weighted by Crippen LogP contribution is -2.06. The van der Waals surface area contributed by atoms with Gasteiger partial charge in [0.2, 0.25) is 0 Å². The summed E-state index contributed by atoms with van der Waals surface area (Å²) >= 11 is 11.1. The Morgan fingerprint density at radius 3 is 3.06 bits per heavy atom. The Labute approximate surface area is 108 Å². The topological polar surface area (TPSA) is 47.0 Å². The Kier molecular flexibility index (Phi) is 3.49. The van der Waals surface area contributed by atoms with E-state index in [0.717, 1.165) is 11.0 Å². The first-order valence-electron chi connectivity index (χ1n) is 5.06. The summed E-state index contributed by atoms with van der Waals surface area (Å²) in [5, 5.41) is 0.647. The van der Waals surface area contributed by atoms with E-state index in [4.69, 9.17) is 23.8 Å². The van der Waals surface area contributed by atoms with Crippen LogP contribution in [0.2, 0.25) is 5.02 Å². The number of esters is 1. The molecule has 4 nitrogen and oxygen atoms in total. The Morgan fingerprint density at radius 1 is 1.59 bits per heavy atom. The fourth-order valence-electron chi connectivity index (χ4n) is 1.66. The van der Waals surface area contributed by atoms with Gasteiger partial charge >= 0.3 is 5.97 Å². The number of ether oxygens (including phenoxy) is 1. The number of H-pyrrole nitrogens is 1. The molecule has 1 aromatic heterocycles. The SMILES string of the molecule is COC(=O)CCn1c(=S)[nH]c2cc(Cl)ccc21. The number of aromatic nitrogens is 2. The number of halogens is 1. The van der Waals surface area contributed by atoms with Gasteiger partial charge in [0, 0.05) is 11.6 Å². The van der Waals surface area contributed by atoms with Gasteiger partial charge in [-0.3, -0.25) is 4.79 Å². The van der Waals surface area contributed by atoms with Gasteiger partial charge in [0.25, 0.3) is 0 Å². The van der Waals surface area contributed by atoms with Crippen molar-refractivity contribution in [2.45, 2.75) is 13.0 Å². The molecule has 6 heteroatoms. The number of nitrogens with zero attached hydrogens (tertiary/aromatic N) is 1. The Balaban J connectivity index is 2.36. The van der Waals surface area contributed by atoms with Crippen LogP contribution in [0.3, 0.4) is 0 Å². The highest BCUT2D eigenvalue weighted by Crippen LogP contribution is 2.19. The molecule has 0 aliphatic heterocycles. The lowest BCUT2D eigenvalue weighted by molar-refractivity contribution is -0.140. The van der Waals surface area contributed by atoms with E-state index < -0.39 is 0 Å². The van der Waals surface area contributed by atoms with Crippen LogP contribution in [0.15, 0.2) is 18.2 Å². The minimum Gasteiger partial charge on any atom is -0.469 e. The number of hydrogen-bond donors (Lipinski definition) is 1. The number of methoxy groups -OCH3 is 1. The first kappa shape index (κ1) is 12.1. The largest absolute Gasteiger partial charge is 0.469 e. The molecule has 0 saturated heterocycles. The minimum atomic E-state index is -0.254. The molecule has 0 aliphatic rings. The zero-order valence-corrected chi connectivity index (χ0v) is 10.8. The summed E-state index contributed by atoms with van der Waals surface area (Å²) in [4.78, 5) is 14.2. The normalized spacial score (nSPS) is 10.7. The summed E-state index contributed by atoms with van der Waals surface area (Å²) in [6.45, 7) is 0.493. The summed E-state index contributed by atoms with van der Waals surface area (Å²) in [5.74, 6) is -0.254. The van der Waals surface area contributed by atoms with Gasteiger partial charge in [-0.25, -0.2) is 0 Å². The Bertz CT molecular complexity index is 617. The summed E-state index contributed by atoms with van der Waals surface area (Å²) in [6, 6.07) is 5.48. The second-order valence-electron chi connectivity index (χ2n) is 3.57. The smallest absolute Gasteiger partial charge is 0.307 e. The molecule has 1 N–H and O–H groups in total. The summed E-state index contributed by atoms with van der Waals surface area (Å²) in [6.07, 6.45) is 0.292. The van der Waals surface area contributed by atoms with E-state index in [1.807, 2.05) is 10.6 Å². The van der Waals surface area contributed by atoms with Gasteiger partial charge < -0.3 is 14.3 Å². The molecular formula is C11H11ClN2O2S. The van der Waals surface area contributed by atoms with Gasteiger partial charge in [-0.05, 0) is 30.4 Å². The van der Waals surface area contributed by atoms with Crippen LogP contribution in [0.25, 0.3) is 11.0 Å². The first-order valence-corrected chi connectivity index (χ1v) is 5.85. The van der Waals surface area contributed by atoms with Gasteiger partial charge in [0.1, 0.15) is 0 Å². The van der Waals surface area contributed by atoms with Crippen LogP contribution in [0, 0.1) is 4.77 Å². The van der Waals surface area contributed by atoms with Crippen LogP contribution in [0.1, 0.15) is 6.42 Å². The van der Waals surface area contributed by atoms with Gasteiger partial charge in [-0.1, -0.05) is 11.6 Å². The number of nitrogens with one attached hydrogen (secondary N) is 1. The van der Waals surface area contributed by atoms with Crippen molar-refractivity contribution >= 4 is 40.8 Å². The quantitative estimate of drug-likeness (QED) is 0.689. The average Bonchev–Trinajstić information content (AvgIpc) is 2.61. The first-order chi connectivity index (χ1) is 8.11. The monoisotopic (exact) mass is 270 g/mol. The van der Waals surface area contributed by atoms with Crippen LogP contribution in [0.5, 0.6) is 0 Å². The van der Waals surface area contributed by atoms with E-state index in [9.17, 15) is 4.79 Å². The van der Waals surface area contributed by atoms with Crippen molar-refractivity contribution < 1.29 is 9.53 Å². The molecule has 0 fully saturated rings. The Morgan fingerprint density at radius 2 is 2.35 bits per heavy atom. The number of hydrogen-bond acceptors (Lipinski definition) is 3. The number of benzene rings is 1. The number of aromatic amines is 1. The number of carbonyl (C=O) groups is 1. The molecule has 0 radical (unpaired) electrons. The van der Waals surface area contributed by atoms with E-state index in [1.165, 1.54) is 7.11 Å². The fourth-order valence-corrected chi connectivity index (χ4v) is 2.13. The van der Waals surface area contributed by atoms with Gasteiger partial charge in [0.05, 0.1) is 24.6 Å². The number of fused-ring (bicyclic) bond motifs is 1. The Hall–Kier alpha value is -1.33. The molecule has 17 heavy (non-hydrogen) atoms. The third-order valence-electron chi connectivity index (χ3n) is 2.50. The molecule has 90 valence electrons. The molecule has 0 spiro atoms. The molecule has 0 saturated carbocycles. The average molecular weight is 271 g/mol. The third-order valence-corrected chi connectivity index (χ3v) is 3.06. The lowest BCUT2D eigenvalue weighted by atomic mass is 10.3. The van der Waals surface area contributed by atoms with Crippen LogP contribution >= 0.6 is 23.8 Å². The molecular weight excluding hydrogens is 260 g/mol. The number of aryl methyl sites for hydroxylation is 1. The molecule has 0 unspecified atom stereocenters. The van der Waals surface area contributed by atoms with Gasteiger partial charge in [0.15, 0.2) is 4.77 Å². The number of rotatable bonds is 3. The summed E-state index contributed by atoms with van der Waals surface area (Å²) in [7, 11) is 1.37. The fraction of sp³-hybridized carbons (Fsp3) is 0.273. The van der Waals surface area contributed by atoms with Crippen molar-refractivity contribution in [2.24, 2.45) is 0 Å². The van der Waals surface area contributed by atoms with Crippen molar-refractivity contribution in [3.05, 3.63) is 28.0 Å². The molecule has 0 bridgehead atoms. The van der Waals surface area contributed by atoms with Crippen LogP contribution < -0.4 is 0 Å². The minimum absolute atomic E-state index is 0.254. The number of imidazole rings is 1. The lowest BCUT2D eigenvalue weighted by Gasteiger charge is -2.03. The van der Waals surface area contributed by atoms with Crippen molar-refractivity contribution in [3.63, 3.8) is 0 Å². The second kappa shape index (κ2) is 4.89. The highest BCUT2D eigenvalue weighted by Gasteiger charge is 2.07. The molecule has 2 rings (SSSR count). The maximum absolute atomic E-state index is 11.1. The summed E-state index contributed by atoms with van der Waals surface area (Å²) < 4.78 is 7.04. The van der Waals surface area contributed by atoms with Gasteiger partial charge in [-0.15, -0.1) is 0 Å². The van der Waals surface area contributed by atoms with Gasteiger partial charge in [-0.2, -0.15) is 0 Å². The highest BCUT2D eigenvalue weighted by molar-refractivity contribution is 7.71. The molecule has 0 aliphatic carbocycles. The van der Waals surface area contributed by atoms with Crippen molar-refractivity contribution in [2.75, 3.05) is 7.11 Å². The van der Waals surface area contributed by atoms with E-state index in [0.29, 0.717) is 22.8 Å². The standard InChI is InChI=1S/C11H11ClN2O2S/c1-16-10(15)4-5-14-9-3-2-7(12)6-8(9)13-11(14)17/h2-3,6H,4-5H2,1H3,(H,13,17). The van der Waals surface area contributed by atoms with Crippen LogP contribution in [0.4, 0.5) is 0 Å². The molecule has 0 amide bonds. The van der Waals surface area contributed by atoms with Crippen molar-refractivity contribution in [1.82, 2.24) is 9.55 Å². The number of carbonyl (C=O) groups excluding carboxylic acids is 1. The molecule has 1 heterocycles. The highest BCUT2D eigenvalue weighted by atomic mass is 35.5. The van der Waals surface area contributed by atoms with E-state index >= 15 is 0 Å². The van der Waals surface area contributed by atoms with E-state index in [1.54, 1.807) is 12.1 Å².